The molecule has 0 aliphatic carbocycles. The van der Waals surface area contributed by atoms with Crippen molar-refractivity contribution in [1.29, 1.82) is 0 Å². The smallest absolute Gasteiger partial charge is 0.227 e. The van der Waals surface area contributed by atoms with E-state index in [0.717, 1.165) is 29.8 Å². The SMILES string of the molecule is COc1ccc(CCC(=O)NCc2ccc(N3CCCC3=O)cc2)cc1F. The molecular weight excluding hydrogens is 347 g/mol. The molecule has 0 radical (unpaired) electrons. The summed E-state index contributed by atoms with van der Waals surface area (Å²) in [6.07, 6.45) is 2.25. The van der Waals surface area contributed by atoms with Gasteiger partial charge >= 0.3 is 0 Å². The average Bonchev–Trinajstić information content (AvgIpc) is 3.11. The van der Waals surface area contributed by atoms with Crippen LogP contribution in [0.5, 0.6) is 5.75 Å². The maximum Gasteiger partial charge on any atom is 0.227 e. The molecule has 1 aliphatic rings. The van der Waals surface area contributed by atoms with Crippen LogP contribution in [-0.4, -0.2) is 25.5 Å². The van der Waals surface area contributed by atoms with Crippen LogP contribution in [0.4, 0.5) is 10.1 Å². The minimum Gasteiger partial charge on any atom is -0.494 e. The number of hydrogen-bond acceptors (Lipinski definition) is 3. The fourth-order valence-corrected chi connectivity index (χ4v) is 3.13. The van der Waals surface area contributed by atoms with E-state index in [1.807, 2.05) is 24.3 Å². The molecule has 0 saturated carbocycles. The molecule has 0 bridgehead atoms. The summed E-state index contributed by atoms with van der Waals surface area (Å²) in [6.45, 7) is 1.19. The van der Waals surface area contributed by atoms with Gasteiger partial charge in [0, 0.05) is 31.6 Å². The number of nitrogens with zero attached hydrogens (tertiary/aromatic N) is 1. The van der Waals surface area contributed by atoms with Crippen molar-refractivity contribution >= 4 is 17.5 Å². The molecule has 0 atom stereocenters. The van der Waals surface area contributed by atoms with Crippen LogP contribution in [-0.2, 0) is 22.6 Å². The highest BCUT2D eigenvalue weighted by Crippen LogP contribution is 2.21. The minimum atomic E-state index is -0.424. The Labute approximate surface area is 158 Å². The van der Waals surface area contributed by atoms with Gasteiger partial charge in [-0.05, 0) is 48.2 Å². The number of anilines is 1. The first-order valence-corrected chi connectivity index (χ1v) is 9.05. The van der Waals surface area contributed by atoms with Crippen molar-refractivity contribution in [1.82, 2.24) is 5.32 Å². The number of benzene rings is 2. The first-order chi connectivity index (χ1) is 13.1. The van der Waals surface area contributed by atoms with E-state index in [1.54, 1.807) is 17.0 Å². The van der Waals surface area contributed by atoms with Gasteiger partial charge in [0.15, 0.2) is 11.6 Å². The Morgan fingerprint density at radius 2 is 1.93 bits per heavy atom. The molecule has 0 unspecified atom stereocenters. The van der Waals surface area contributed by atoms with Gasteiger partial charge in [-0.15, -0.1) is 0 Å². The summed E-state index contributed by atoms with van der Waals surface area (Å²) >= 11 is 0. The normalized spacial score (nSPS) is 13.7. The van der Waals surface area contributed by atoms with E-state index in [0.29, 0.717) is 19.4 Å². The minimum absolute atomic E-state index is 0.0926. The van der Waals surface area contributed by atoms with Crippen LogP contribution in [0.2, 0.25) is 0 Å². The summed E-state index contributed by atoms with van der Waals surface area (Å²) in [5.74, 6) is -0.162. The van der Waals surface area contributed by atoms with E-state index >= 15 is 0 Å². The van der Waals surface area contributed by atoms with Crippen LogP contribution in [0.1, 0.15) is 30.4 Å². The lowest BCUT2D eigenvalue weighted by molar-refractivity contribution is -0.121. The number of rotatable bonds is 7. The molecule has 5 nitrogen and oxygen atoms in total. The Balaban J connectivity index is 1.46. The molecule has 1 aliphatic heterocycles. The third kappa shape index (κ3) is 4.84. The third-order valence-electron chi connectivity index (χ3n) is 4.67. The highest BCUT2D eigenvalue weighted by molar-refractivity contribution is 5.95. The van der Waals surface area contributed by atoms with Crippen molar-refractivity contribution in [3.8, 4) is 5.75 Å². The fourth-order valence-electron chi connectivity index (χ4n) is 3.13. The van der Waals surface area contributed by atoms with Crippen LogP contribution in [0.15, 0.2) is 42.5 Å². The van der Waals surface area contributed by atoms with Crippen LogP contribution < -0.4 is 15.0 Å². The number of carbonyl (C=O) groups is 2. The predicted octanol–water partition coefficient (Wildman–Crippen LogP) is 3.21. The summed E-state index contributed by atoms with van der Waals surface area (Å²) in [6, 6.07) is 12.4. The fraction of sp³-hybridized carbons (Fsp3) is 0.333. The molecule has 3 rings (SSSR count). The first kappa shape index (κ1) is 18.9. The third-order valence-corrected chi connectivity index (χ3v) is 4.67. The van der Waals surface area contributed by atoms with Crippen molar-refractivity contribution in [3.05, 3.63) is 59.4 Å². The number of methoxy groups -OCH3 is 1. The second-order valence-electron chi connectivity index (χ2n) is 6.56. The Hall–Kier alpha value is -2.89. The Morgan fingerprint density at radius 1 is 1.19 bits per heavy atom. The molecular formula is C21H23FN2O3. The number of ether oxygens (including phenoxy) is 1. The molecule has 142 valence electrons. The second-order valence-corrected chi connectivity index (χ2v) is 6.56. The van der Waals surface area contributed by atoms with Crippen LogP contribution in [0, 0.1) is 5.82 Å². The number of halogens is 1. The highest BCUT2D eigenvalue weighted by atomic mass is 19.1. The predicted molar refractivity (Wildman–Crippen MR) is 101 cm³/mol. The topological polar surface area (TPSA) is 58.6 Å². The van der Waals surface area contributed by atoms with E-state index in [9.17, 15) is 14.0 Å². The van der Waals surface area contributed by atoms with Crippen molar-refractivity contribution in [2.75, 3.05) is 18.6 Å². The number of amides is 2. The maximum absolute atomic E-state index is 13.7. The van der Waals surface area contributed by atoms with E-state index < -0.39 is 5.82 Å². The molecule has 27 heavy (non-hydrogen) atoms. The van der Waals surface area contributed by atoms with Gasteiger partial charge in [0.1, 0.15) is 0 Å². The van der Waals surface area contributed by atoms with Crippen LogP contribution in [0.3, 0.4) is 0 Å². The van der Waals surface area contributed by atoms with Gasteiger partial charge in [-0.2, -0.15) is 0 Å². The summed E-state index contributed by atoms with van der Waals surface area (Å²) in [7, 11) is 1.42. The number of aryl methyl sites for hydroxylation is 1. The highest BCUT2D eigenvalue weighted by Gasteiger charge is 2.21. The Morgan fingerprint density at radius 3 is 2.56 bits per heavy atom. The lowest BCUT2D eigenvalue weighted by Crippen LogP contribution is -2.24. The molecule has 6 heteroatoms. The van der Waals surface area contributed by atoms with Gasteiger partial charge in [-0.3, -0.25) is 9.59 Å². The zero-order valence-corrected chi connectivity index (χ0v) is 15.3. The van der Waals surface area contributed by atoms with Gasteiger partial charge in [-0.1, -0.05) is 18.2 Å². The molecule has 1 fully saturated rings. The van der Waals surface area contributed by atoms with Crippen LogP contribution >= 0.6 is 0 Å². The van der Waals surface area contributed by atoms with Crippen LogP contribution in [0.25, 0.3) is 0 Å². The lowest BCUT2D eigenvalue weighted by atomic mass is 10.1. The van der Waals surface area contributed by atoms with Crippen molar-refractivity contribution in [3.63, 3.8) is 0 Å². The number of nitrogens with one attached hydrogen (secondary N) is 1. The number of hydrogen-bond donors (Lipinski definition) is 1. The number of carbonyl (C=O) groups excluding carboxylic acids is 2. The maximum atomic E-state index is 13.7. The molecule has 0 spiro atoms. The van der Waals surface area contributed by atoms with E-state index in [2.05, 4.69) is 5.32 Å². The zero-order chi connectivity index (χ0) is 19.2. The molecule has 2 aromatic carbocycles. The molecule has 1 N–H and O–H groups in total. The Kier molecular flexibility index (Phi) is 6.06. The van der Waals surface area contributed by atoms with Gasteiger partial charge in [-0.25, -0.2) is 4.39 Å². The molecule has 2 aromatic rings. The van der Waals surface area contributed by atoms with Crippen molar-refractivity contribution in [2.24, 2.45) is 0 Å². The van der Waals surface area contributed by atoms with E-state index in [-0.39, 0.29) is 24.0 Å². The first-order valence-electron chi connectivity index (χ1n) is 9.05. The quantitative estimate of drug-likeness (QED) is 0.814. The van der Waals surface area contributed by atoms with E-state index in [1.165, 1.54) is 13.2 Å². The molecule has 0 aromatic heterocycles. The van der Waals surface area contributed by atoms with Crippen molar-refractivity contribution in [2.45, 2.75) is 32.2 Å². The molecule has 1 heterocycles. The largest absolute Gasteiger partial charge is 0.494 e. The molecule has 2 amide bonds. The zero-order valence-electron chi connectivity index (χ0n) is 15.3. The van der Waals surface area contributed by atoms with Gasteiger partial charge < -0.3 is 15.0 Å². The Bertz CT molecular complexity index is 821. The van der Waals surface area contributed by atoms with E-state index in [4.69, 9.17) is 4.74 Å². The summed E-state index contributed by atoms with van der Waals surface area (Å²) in [5.41, 5.74) is 2.62. The monoisotopic (exact) mass is 370 g/mol. The summed E-state index contributed by atoms with van der Waals surface area (Å²) < 4.78 is 18.5. The standard InChI is InChI=1S/C21H23FN2O3/c1-27-19-10-6-15(13-18(19)22)7-11-20(25)23-14-16-4-8-17(9-5-16)24-12-2-3-21(24)26/h4-6,8-10,13H,2-3,7,11-12,14H2,1H3,(H,23,25). The second kappa shape index (κ2) is 8.66. The van der Waals surface area contributed by atoms with Gasteiger partial charge in [0.05, 0.1) is 7.11 Å². The van der Waals surface area contributed by atoms with Gasteiger partial charge in [0.2, 0.25) is 11.8 Å². The van der Waals surface area contributed by atoms with Crippen molar-refractivity contribution < 1.29 is 18.7 Å². The lowest BCUT2D eigenvalue weighted by Gasteiger charge is -2.16. The summed E-state index contributed by atoms with van der Waals surface area (Å²) in [4.78, 5) is 25.6. The molecule has 1 saturated heterocycles. The van der Waals surface area contributed by atoms with Gasteiger partial charge in [0.25, 0.3) is 0 Å². The summed E-state index contributed by atoms with van der Waals surface area (Å²) in [5, 5.41) is 2.87. The average molecular weight is 370 g/mol.